The monoisotopic (exact) mass is 393 g/mol. The van der Waals surface area contributed by atoms with Crippen LogP contribution in [0.1, 0.15) is 17.3 Å². The van der Waals surface area contributed by atoms with E-state index in [0.717, 1.165) is 17.1 Å². The second kappa shape index (κ2) is 9.45. The number of amides is 1. The average Bonchev–Trinajstić information content (AvgIpc) is 2.76. The molecule has 1 aromatic heterocycles. The summed E-state index contributed by atoms with van der Waals surface area (Å²) in [5.74, 6) is 2.04. The van der Waals surface area contributed by atoms with Crippen molar-refractivity contribution in [3.05, 3.63) is 66.4 Å². The normalized spacial score (nSPS) is 10.2. The van der Waals surface area contributed by atoms with Gasteiger partial charge in [0.15, 0.2) is 0 Å². The minimum atomic E-state index is -0.304. The summed E-state index contributed by atoms with van der Waals surface area (Å²) in [5.41, 5.74) is 2.13. The molecule has 0 spiro atoms. The van der Waals surface area contributed by atoms with Gasteiger partial charge in [0, 0.05) is 17.3 Å². The second-order valence-electron chi connectivity index (χ2n) is 6.07. The van der Waals surface area contributed by atoms with E-state index in [1.807, 2.05) is 37.3 Å². The molecule has 0 saturated carbocycles. The number of pyridine rings is 1. The van der Waals surface area contributed by atoms with Crippen molar-refractivity contribution in [3.8, 4) is 17.2 Å². The first-order valence-corrected chi connectivity index (χ1v) is 9.11. The molecule has 1 amide bonds. The Bertz CT molecular complexity index is 935. The number of hydrogen-bond acceptors (Lipinski definition) is 6. The van der Waals surface area contributed by atoms with Crippen LogP contribution >= 0.6 is 0 Å². The Hall–Kier alpha value is -3.74. The van der Waals surface area contributed by atoms with Crippen LogP contribution in [-0.4, -0.2) is 31.7 Å². The van der Waals surface area contributed by atoms with E-state index < -0.39 is 0 Å². The number of benzene rings is 2. The summed E-state index contributed by atoms with van der Waals surface area (Å²) in [6.45, 7) is 2.58. The van der Waals surface area contributed by atoms with Crippen LogP contribution in [0.15, 0.2) is 60.8 Å². The van der Waals surface area contributed by atoms with Gasteiger partial charge in [0.1, 0.15) is 23.1 Å². The van der Waals surface area contributed by atoms with Gasteiger partial charge < -0.3 is 24.8 Å². The standard InChI is InChI=1S/C22H23N3O4/c1-4-29-18-8-5-16(6-9-18)24-17-7-10-21(23-14-17)25-22(26)15-11-19(27-2)13-20(12-15)28-3/h5-14,24H,4H2,1-3H3,(H,23,25,26). The molecule has 0 bridgehead atoms. The Morgan fingerprint density at radius 3 is 2.10 bits per heavy atom. The zero-order valence-corrected chi connectivity index (χ0v) is 16.6. The van der Waals surface area contributed by atoms with E-state index in [0.29, 0.717) is 29.5 Å². The van der Waals surface area contributed by atoms with Gasteiger partial charge in [0.2, 0.25) is 0 Å². The molecular weight excluding hydrogens is 370 g/mol. The molecule has 1 heterocycles. The third kappa shape index (κ3) is 5.38. The highest BCUT2D eigenvalue weighted by molar-refractivity contribution is 6.04. The lowest BCUT2D eigenvalue weighted by Gasteiger charge is -2.10. The smallest absolute Gasteiger partial charge is 0.257 e. The summed E-state index contributed by atoms with van der Waals surface area (Å²) in [6, 6.07) is 16.2. The number of carbonyl (C=O) groups excluding carboxylic acids is 1. The number of aromatic nitrogens is 1. The van der Waals surface area contributed by atoms with Crippen molar-refractivity contribution in [2.75, 3.05) is 31.5 Å². The maximum atomic E-state index is 12.5. The number of nitrogens with one attached hydrogen (secondary N) is 2. The molecular formula is C22H23N3O4. The van der Waals surface area contributed by atoms with Gasteiger partial charge in [-0.05, 0) is 55.5 Å². The average molecular weight is 393 g/mol. The van der Waals surface area contributed by atoms with Gasteiger partial charge in [0.25, 0.3) is 5.91 Å². The molecule has 3 rings (SSSR count). The number of rotatable bonds is 8. The third-order valence-corrected chi connectivity index (χ3v) is 4.07. The highest BCUT2D eigenvalue weighted by atomic mass is 16.5. The van der Waals surface area contributed by atoms with Gasteiger partial charge in [-0.1, -0.05) is 0 Å². The van der Waals surface area contributed by atoms with Crippen molar-refractivity contribution in [1.29, 1.82) is 0 Å². The first-order valence-electron chi connectivity index (χ1n) is 9.11. The lowest BCUT2D eigenvalue weighted by Crippen LogP contribution is -2.13. The van der Waals surface area contributed by atoms with Gasteiger partial charge in [-0.3, -0.25) is 4.79 Å². The number of anilines is 3. The van der Waals surface area contributed by atoms with Gasteiger partial charge in [-0.15, -0.1) is 0 Å². The quantitative estimate of drug-likeness (QED) is 0.587. The first kappa shape index (κ1) is 20.0. The molecule has 0 radical (unpaired) electrons. The minimum absolute atomic E-state index is 0.304. The number of carbonyl (C=O) groups is 1. The van der Waals surface area contributed by atoms with Crippen molar-refractivity contribution in [2.45, 2.75) is 6.92 Å². The SMILES string of the molecule is CCOc1ccc(Nc2ccc(NC(=O)c3cc(OC)cc(OC)c3)nc2)cc1. The van der Waals surface area contributed by atoms with Crippen LogP contribution in [0.25, 0.3) is 0 Å². The number of nitrogens with zero attached hydrogens (tertiary/aromatic N) is 1. The van der Waals surface area contributed by atoms with E-state index in [9.17, 15) is 4.79 Å². The van der Waals surface area contributed by atoms with Crippen LogP contribution in [0, 0.1) is 0 Å². The molecule has 0 aliphatic carbocycles. The highest BCUT2D eigenvalue weighted by Crippen LogP contribution is 2.24. The molecule has 0 unspecified atom stereocenters. The van der Waals surface area contributed by atoms with E-state index in [1.54, 1.807) is 30.5 Å². The Balaban J connectivity index is 1.65. The summed E-state index contributed by atoms with van der Waals surface area (Å²) in [7, 11) is 3.07. The Morgan fingerprint density at radius 1 is 0.897 bits per heavy atom. The summed E-state index contributed by atoms with van der Waals surface area (Å²) in [4.78, 5) is 16.8. The molecule has 0 aliphatic heterocycles. The lowest BCUT2D eigenvalue weighted by molar-refractivity contribution is 0.102. The van der Waals surface area contributed by atoms with Crippen molar-refractivity contribution in [1.82, 2.24) is 4.98 Å². The zero-order chi connectivity index (χ0) is 20.6. The Morgan fingerprint density at radius 2 is 1.55 bits per heavy atom. The molecule has 7 heteroatoms. The molecule has 2 aromatic carbocycles. The topological polar surface area (TPSA) is 81.7 Å². The van der Waals surface area contributed by atoms with E-state index in [1.165, 1.54) is 14.2 Å². The summed E-state index contributed by atoms with van der Waals surface area (Å²) in [6.07, 6.45) is 1.65. The van der Waals surface area contributed by atoms with E-state index in [2.05, 4.69) is 15.6 Å². The second-order valence-corrected chi connectivity index (χ2v) is 6.07. The van der Waals surface area contributed by atoms with Crippen LogP contribution in [0.4, 0.5) is 17.2 Å². The predicted molar refractivity (Wildman–Crippen MR) is 113 cm³/mol. The Labute approximate surface area is 169 Å². The third-order valence-electron chi connectivity index (χ3n) is 4.07. The fraction of sp³-hybridized carbons (Fsp3) is 0.182. The zero-order valence-electron chi connectivity index (χ0n) is 16.6. The Kier molecular flexibility index (Phi) is 6.52. The summed E-state index contributed by atoms with van der Waals surface area (Å²) in [5, 5.41) is 6.02. The van der Waals surface area contributed by atoms with Crippen molar-refractivity contribution in [2.24, 2.45) is 0 Å². The van der Waals surface area contributed by atoms with Crippen molar-refractivity contribution >= 4 is 23.1 Å². The van der Waals surface area contributed by atoms with Crippen LogP contribution < -0.4 is 24.8 Å². The van der Waals surface area contributed by atoms with E-state index >= 15 is 0 Å². The molecule has 0 atom stereocenters. The molecule has 29 heavy (non-hydrogen) atoms. The molecule has 2 N–H and O–H groups in total. The predicted octanol–water partition coefficient (Wildman–Crippen LogP) is 4.49. The molecule has 3 aromatic rings. The lowest BCUT2D eigenvalue weighted by atomic mass is 10.2. The van der Waals surface area contributed by atoms with Crippen molar-refractivity contribution < 1.29 is 19.0 Å². The fourth-order valence-corrected chi connectivity index (χ4v) is 2.64. The van der Waals surface area contributed by atoms with Gasteiger partial charge >= 0.3 is 0 Å². The van der Waals surface area contributed by atoms with Gasteiger partial charge in [-0.25, -0.2) is 4.98 Å². The minimum Gasteiger partial charge on any atom is -0.497 e. The molecule has 0 saturated heterocycles. The molecule has 7 nitrogen and oxygen atoms in total. The van der Waals surface area contributed by atoms with Gasteiger partial charge in [0.05, 0.1) is 32.7 Å². The summed E-state index contributed by atoms with van der Waals surface area (Å²) >= 11 is 0. The van der Waals surface area contributed by atoms with E-state index in [-0.39, 0.29) is 5.91 Å². The molecule has 0 aliphatic rings. The van der Waals surface area contributed by atoms with Crippen LogP contribution in [0.3, 0.4) is 0 Å². The highest BCUT2D eigenvalue weighted by Gasteiger charge is 2.11. The van der Waals surface area contributed by atoms with Crippen LogP contribution in [-0.2, 0) is 0 Å². The summed E-state index contributed by atoms with van der Waals surface area (Å²) < 4.78 is 15.8. The molecule has 150 valence electrons. The molecule has 0 fully saturated rings. The number of ether oxygens (including phenoxy) is 3. The number of methoxy groups -OCH3 is 2. The largest absolute Gasteiger partial charge is 0.497 e. The van der Waals surface area contributed by atoms with E-state index in [4.69, 9.17) is 14.2 Å². The fourth-order valence-electron chi connectivity index (χ4n) is 2.64. The number of hydrogen-bond donors (Lipinski definition) is 2. The first-order chi connectivity index (χ1) is 14.1. The van der Waals surface area contributed by atoms with Crippen LogP contribution in [0.2, 0.25) is 0 Å². The van der Waals surface area contributed by atoms with Gasteiger partial charge in [-0.2, -0.15) is 0 Å². The van der Waals surface area contributed by atoms with Crippen LogP contribution in [0.5, 0.6) is 17.2 Å². The van der Waals surface area contributed by atoms with Crippen molar-refractivity contribution in [3.63, 3.8) is 0 Å². The maximum Gasteiger partial charge on any atom is 0.257 e. The maximum absolute atomic E-state index is 12.5.